The molecule has 1 nitrogen and oxygen atoms in total. The molecule has 0 aliphatic heterocycles. The summed E-state index contributed by atoms with van der Waals surface area (Å²) in [6, 6.07) is 0. The summed E-state index contributed by atoms with van der Waals surface area (Å²) in [6.45, 7) is -1.93. The molecule has 0 unspecified atom stereocenters. The molecule has 0 rings (SSSR count). The molecule has 0 saturated carbocycles. The number of halogens is 2. The lowest BCUT2D eigenvalue weighted by Gasteiger charge is -1.65. The number of hydrogen-bond donors (Lipinski definition) is 0. The molecule has 0 bridgehead atoms. The standard InChI is InChI=1S/Cl2OP/c1-4(2)3. The van der Waals surface area contributed by atoms with Gasteiger partial charge in [0, 0.05) is 0 Å². The summed E-state index contributed by atoms with van der Waals surface area (Å²) in [7, 11) is 0. The Morgan fingerprint density at radius 2 is 1.50 bits per heavy atom. The first-order valence-corrected chi connectivity index (χ1v) is 3.59. The van der Waals surface area contributed by atoms with Gasteiger partial charge in [-0.1, -0.05) is 0 Å². The summed E-state index contributed by atoms with van der Waals surface area (Å²) in [4.78, 5) is 9.12. The zero-order chi connectivity index (χ0) is 3.58. The first-order valence-electron chi connectivity index (χ1n) is 0.521. The van der Waals surface area contributed by atoms with Gasteiger partial charge in [-0.15, -0.1) is 0 Å². The van der Waals surface area contributed by atoms with Crippen molar-refractivity contribution >= 4 is 29.3 Å². The molecule has 0 saturated heterocycles. The van der Waals surface area contributed by atoms with E-state index in [1.165, 1.54) is 0 Å². The van der Waals surface area contributed by atoms with E-state index < -0.39 is 6.85 Å². The third-order valence-corrected chi connectivity index (χ3v) is 0. The summed E-state index contributed by atoms with van der Waals surface area (Å²) < 4.78 is 0. The Balaban J connectivity index is 2.32. The zero-order valence-corrected chi connectivity index (χ0v) is 4.02. The van der Waals surface area contributed by atoms with Crippen molar-refractivity contribution in [1.82, 2.24) is 0 Å². The third kappa shape index (κ3) is 12.3. The second-order valence-electron chi connectivity index (χ2n) is 0.202. The molecule has 25 valence electrons. The van der Waals surface area contributed by atoms with Crippen molar-refractivity contribution in [3.63, 3.8) is 0 Å². The lowest BCUT2D eigenvalue weighted by molar-refractivity contribution is 0.521. The zero-order valence-electron chi connectivity index (χ0n) is 1.61. The van der Waals surface area contributed by atoms with E-state index in [9.17, 15) is 0 Å². The van der Waals surface area contributed by atoms with Crippen LogP contribution < -0.4 is 0 Å². The average Bonchev–Trinajstić information content (AvgIpc) is 0.811. The van der Waals surface area contributed by atoms with Gasteiger partial charge in [0.25, 0.3) is 6.85 Å². The van der Waals surface area contributed by atoms with Crippen molar-refractivity contribution in [1.29, 1.82) is 0 Å². The van der Waals surface area contributed by atoms with Gasteiger partial charge in [-0.25, -0.2) is 0 Å². The highest BCUT2D eigenvalue weighted by atomic mass is 35.9. The quantitative estimate of drug-likeness (QED) is 0.434. The smallest absolute Gasteiger partial charge is 0.175 e. The lowest BCUT2D eigenvalue weighted by atomic mass is 15.9. The maximum Gasteiger partial charge on any atom is 0.262 e. The van der Waals surface area contributed by atoms with Gasteiger partial charge >= 0.3 is 0 Å². The summed E-state index contributed by atoms with van der Waals surface area (Å²) in [5, 5.41) is 0. The summed E-state index contributed by atoms with van der Waals surface area (Å²) >= 11 is 9.10. The second-order valence-corrected chi connectivity index (χ2v) is 2.97. The minimum atomic E-state index is -1.93. The van der Waals surface area contributed by atoms with Gasteiger partial charge in [0.2, 0.25) is 0 Å². The van der Waals surface area contributed by atoms with Crippen LogP contribution >= 0.6 is 29.3 Å². The molecule has 1 radical (unpaired) electrons. The van der Waals surface area contributed by atoms with Crippen molar-refractivity contribution in [2.45, 2.75) is 0 Å². The Morgan fingerprint density at radius 3 is 1.50 bits per heavy atom. The second kappa shape index (κ2) is 2.22. The van der Waals surface area contributed by atoms with Crippen LogP contribution in [0.25, 0.3) is 0 Å². The molecule has 0 aromatic carbocycles. The van der Waals surface area contributed by atoms with Gasteiger partial charge in [-0.05, 0) is 22.5 Å². The maximum atomic E-state index is 9.12. The largest absolute Gasteiger partial charge is 0.262 e. The molecule has 0 aliphatic carbocycles. The minimum absolute atomic E-state index is 1.93. The normalized spacial score (nSPS) is 9.00. The molecule has 0 aliphatic rings. The third-order valence-electron chi connectivity index (χ3n) is 0. The summed E-state index contributed by atoms with van der Waals surface area (Å²) in [5.41, 5.74) is 0. The first-order chi connectivity index (χ1) is 1.73. The first kappa shape index (κ1) is 4.97. The Hall–Kier alpha value is 0.970. The van der Waals surface area contributed by atoms with Crippen molar-refractivity contribution < 1.29 is 4.89 Å². The molecule has 0 fully saturated rings. The molecule has 0 amide bonds. The predicted molar refractivity (Wildman–Crippen MR) is 19.3 cm³/mol. The number of hydrogen-bond acceptors (Lipinski definition) is 0. The Labute approximate surface area is 34.9 Å². The lowest BCUT2D eigenvalue weighted by Crippen LogP contribution is -1.17. The average molecular weight is 118 g/mol. The highest BCUT2D eigenvalue weighted by Crippen LogP contribution is 2.42. The molecule has 4 heteroatoms. The Morgan fingerprint density at radius 1 is 1.50 bits per heavy atom. The van der Waals surface area contributed by atoms with Gasteiger partial charge in [-0.3, -0.25) is 0 Å². The molecule has 4 heavy (non-hydrogen) atoms. The van der Waals surface area contributed by atoms with E-state index in [-0.39, 0.29) is 0 Å². The highest BCUT2D eigenvalue weighted by molar-refractivity contribution is 7.99. The van der Waals surface area contributed by atoms with Crippen molar-refractivity contribution in [2.24, 2.45) is 0 Å². The van der Waals surface area contributed by atoms with Gasteiger partial charge < -0.3 is 0 Å². The summed E-state index contributed by atoms with van der Waals surface area (Å²) in [6.07, 6.45) is 0. The highest BCUT2D eigenvalue weighted by Gasteiger charge is 1.83. The fourth-order valence-corrected chi connectivity index (χ4v) is 0. The number of rotatable bonds is 0. The Bertz CT molecular complexity index is 10.8. The van der Waals surface area contributed by atoms with Crippen molar-refractivity contribution in [3.05, 3.63) is 0 Å². The van der Waals surface area contributed by atoms with E-state index in [4.69, 9.17) is 4.89 Å². The summed E-state index contributed by atoms with van der Waals surface area (Å²) in [5.74, 6) is 0. The van der Waals surface area contributed by atoms with Gasteiger partial charge in [0.1, 0.15) is 0 Å². The molecule has 0 atom stereocenters. The van der Waals surface area contributed by atoms with Crippen molar-refractivity contribution in [3.8, 4) is 0 Å². The van der Waals surface area contributed by atoms with E-state index in [0.717, 1.165) is 0 Å². The van der Waals surface area contributed by atoms with Crippen LogP contribution in [0.3, 0.4) is 0 Å². The Kier molecular flexibility index (Phi) is 2.76. The molecular formula is Cl2OP. The van der Waals surface area contributed by atoms with Gasteiger partial charge in [-0.2, -0.15) is 4.89 Å². The van der Waals surface area contributed by atoms with E-state index in [2.05, 4.69) is 22.5 Å². The van der Waals surface area contributed by atoms with Crippen molar-refractivity contribution in [2.75, 3.05) is 0 Å². The van der Waals surface area contributed by atoms with Crippen LogP contribution in [0.1, 0.15) is 0 Å². The van der Waals surface area contributed by atoms with Crippen LogP contribution in [0.2, 0.25) is 0 Å². The SMILES string of the molecule is [O]P(Cl)Cl. The molecule has 0 N–H and O–H groups in total. The molecular weight excluding hydrogens is 118 g/mol. The maximum absolute atomic E-state index is 9.12. The molecule has 0 aromatic heterocycles. The fraction of sp³-hybridized carbons (Fsp3) is 0. The molecule has 0 heterocycles. The fourth-order valence-electron chi connectivity index (χ4n) is 0. The van der Waals surface area contributed by atoms with E-state index >= 15 is 0 Å². The monoisotopic (exact) mass is 117 g/mol. The van der Waals surface area contributed by atoms with E-state index in [0.29, 0.717) is 0 Å². The van der Waals surface area contributed by atoms with Crippen LogP contribution in [-0.2, 0) is 4.89 Å². The van der Waals surface area contributed by atoms with Crippen LogP contribution in [0, 0.1) is 0 Å². The van der Waals surface area contributed by atoms with E-state index in [1.54, 1.807) is 0 Å². The van der Waals surface area contributed by atoms with E-state index in [1.807, 2.05) is 0 Å². The van der Waals surface area contributed by atoms with Crippen LogP contribution in [-0.4, -0.2) is 0 Å². The van der Waals surface area contributed by atoms with Crippen LogP contribution in [0.5, 0.6) is 0 Å². The van der Waals surface area contributed by atoms with Gasteiger partial charge in [0.15, 0.2) is 0 Å². The van der Waals surface area contributed by atoms with Crippen LogP contribution in [0.15, 0.2) is 0 Å². The minimum Gasteiger partial charge on any atom is -0.175 e. The van der Waals surface area contributed by atoms with Crippen LogP contribution in [0.4, 0.5) is 0 Å². The molecule has 0 spiro atoms. The molecule has 0 aromatic rings. The topological polar surface area (TPSA) is 19.9 Å². The van der Waals surface area contributed by atoms with Gasteiger partial charge in [0.05, 0.1) is 0 Å². The predicted octanol–water partition coefficient (Wildman–Crippen LogP) is 2.12.